The zero-order chi connectivity index (χ0) is 21.6. The van der Waals surface area contributed by atoms with Gasteiger partial charge in [-0.25, -0.2) is 4.79 Å². The first-order chi connectivity index (χ1) is 15.0. The van der Waals surface area contributed by atoms with E-state index in [1.807, 2.05) is 12.1 Å². The van der Waals surface area contributed by atoms with Crippen molar-refractivity contribution in [1.29, 1.82) is 0 Å². The van der Waals surface area contributed by atoms with E-state index >= 15 is 0 Å². The van der Waals surface area contributed by atoms with Crippen LogP contribution in [0, 0.1) is 0 Å². The van der Waals surface area contributed by atoms with Gasteiger partial charge in [0.15, 0.2) is 11.5 Å². The van der Waals surface area contributed by atoms with Crippen molar-refractivity contribution >= 4 is 23.8 Å². The molecule has 1 unspecified atom stereocenters. The Hall–Kier alpha value is -3.30. The molecule has 5 amide bonds. The summed E-state index contributed by atoms with van der Waals surface area (Å²) >= 11 is 0. The Morgan fingerprint density at radius 3 is 2.35 bits per heavy atom. The lowest BCUT2D eigenvalue weighted by Crippen LogP contribution is -2.56. The number of nitrogens with one attached hydrogen (secondary N) is 1. The highest BCUT2D eigenvalue weighted by Crippen LogP contribution is 2.37. The molecule has 4 aliphatic rings. The van der Waals surface area contributed by atoms with E-state index in [4.69, 9.17) is 9.47 Å². The van der Waals surface area contributed by atoms with Crippen molar-refractivity contribution in [3.8, 4) is 11.5 Å². The van der Waals surface area contributed by atoms with E-state index in [9.17, 15) is 19.2 Å². The Bertz CT molecular complexity index is 938. The highest BCUT2D eigenvalue weighted by Gasteiger charge is 2.55. The topological polar surface area (TPSA) is 108 Å². The average Bonchev–Trinajstić information content (AvgIpc) is 3.03. The Labute approximate surface area is 179 Å². The average molecular weight is 428 g/mol. The van der Waals surface area contributed by atoms with E-state index in [0.29, 0.717) is 50.5 Å². The number of carbonyl (C=O) groups excluding carboxylic acids is 4. The molecule has 5 rings (SSSR count). The maximum absolute atomic E-state index is 12.8. The molecule has 1 spiro atoms. The van der Waals surface area contributed by atoms with E-state index in [1.165, 1.54) is 0 Å². The fourth-order valence-electron chi connectivity index (χ4n) is 4.45. The van der Waals surface area contributed by atoms with Gasteiger partial charge >= 0.3 is 6.03 Å². The third kappa shape index (κ3) is 3.35. The number of nitrogens with zero attached hydrogens (tertiary/aromatic N) is 3. The molecule has 3 fully saturated rings. The van der Waals surface area contributed by atoms with Crippen LogP contribution in [0.25, 0.3) is 0 Å². The summed E-state index contributed by atoms with van der Waals surface area (Å²) in [6.45, 7) is 1.26. The number of amides is 5. The largest absolute Gasteiger partial charge is 0.485 e. The molecule has 1 aliphatic carbocycles. The van der Waals surface area contributed by atoms with Crippen molar-refractivity contribution in [1.82, 2.24) is 20.0 Å². The molecule has 1 aromatic rings. The molecule has 31 heavy (non-hydrogen) atoms. The van der Waals surface area contributed by atoms with Gasteiger partial charge in [0.05, 0.1) is 0 Å². The minimum atomic E-state index is -0.789. The number of para-hydroxylation sites is 2. The maximum atomic E-state index is 12.8. The summed E-state index contributed by atoms with van der Waals surface area (Å²) in [4.78, 5) is 54.5. The van der Waals surface area contributed by atoms with E-state index in [-0.39, 0.29) is 30.9 Å². The zero-order valence-electron chi connectivity index (χ0n) is 17.0. The van der Waals surface area contributed by atoms with Crippen LogP contribution >= 0.6 is 0 Å². The lowest BCUT2D eigenvalue weighted by molar-refractivity contribution is -0.147. The molecule has 2 saturated heterocycles. The lowest BCUT2D eigenvalue weighted by Gasteiger charge is -2.37. The van der Waals surface area contributed by atoms with Gasteiger partial charge in [0.25, 0.3) is 11.8 Å². The maximum Gasteiger partial charge on any atom is 0.325 e. The summed E-state index contributed by atoms with van der Waals surface area (Å²) in [5, 5.41) is 2.73. The van der Waals surface area contributed by atoms with Crippen molar-refractivity contribution in [3.63, 3.8) is 0 Å². The van der Waals surface area contributed by atoms with Crippen molar-refractivity contribution < 1.29 is 28.7 Å². The number of fused-ring (bicyclic) bond motifs is 1. The number of hydrogen-bond acceptors (Lipinski definition) is 6. The molecule has 3 heterocycles. The zero-order valence-corrected chi connectivity index (χ0v) is 17.0. The van der Waals surface area contributed by atoms with Crippen molar-refractivity contribution in [3.05, 3.63) is 24.3 Å². The number of ether oxygens (including phenoxy) is 2. The smallest absolute Gasteiger partial charge is 0.325 e. The number of carbonyl (C=O) groups is 4. The molecule has 10 heteroatoms. The summed E-state index contributed by atoms with van der Waals surface area (Å²) < 4.78 is 11.4. The van der Waals surface area contributed by atoms with Gasteiger partial charge in [-0.05, 0) is 31.4 Å². The molecule has 164 valence electrons. The van der Waals surface area contributed by atoms with Crippen LogP contribution in [-0.2, 0) is 14.4 Å². The Morgan fingerprint density at radius 2 is 1.71 bits per heavy atom. The molecule has 10 nitrogen and oxygen atoms in total. The third-order valence-electron chi connectivity index (χ3n) is 6.47. The molecule has 3 aliphatic heterocycles. The van der Waals surface area contributed by atoms with Crippen LogP contribution in [0.3, 0.4) is 0 Å². The monoisotopic (exact) mass is 428 g/mol. The normalized spacial score (nSPS) is 24.1. The number of benzene rings is 1. The summed E-state index contributed by atoms with van der Waals surface area (Å²) in [7, 11) is 0. The Kier molecular flexibility index (Phi) is 4.71. The van der Waals surface area contributed by atoms with Gasteiger partial charge in [-0.3, -0.25) is 19.3 Å². The second kappa shape index (κ2) is 7.44. The predicted octanol–water partition coefficient (Wildman–Crippen LogP) is -0.0283. The molecule has 1 saturated carbocycles. The van der Waals surface area contributed by atoms with Crippen LogP contribution in [0.1, 0.15) is 19.3 Å². The predicted molar refractivity (Wildman–Crippen MR) is 106 cm³/mol. The van der Waals surface area contributed by atoms with Crippen LogP contribution in [0.5, 0.6) is 11.5 Å². The molecule has 1 N–H and O–H groups in total. The Balaban J connectivity index is 1.14. The van der Waals surface area contributed by atoms with E-state index in [2.05, 4.69) is 5.32 Å². The number of rotatable bonds is 3. The molecule has 0 bridgehead atoms. The van der Waals surface area contributed by atoms with Gasteiger partial charge < -0.3 is 24.6 Å². The summed E-state index contributed by atoms with van der Waals surface area (Å²) in [5.74, 6) is 0.381. The first-order valence-electron chi connectivity index (χ1n) is 10.6. The quantitative estimate of drug-likeness (QED) is 0.678. The number of hydrogen-bond donors (Lipinski definition) is 1. The van der Waals surface area contributed by atoms with Gasteiger partial charge in [0.2, 0.25) is 12.0 Å². The van der Waals surface area contributed by atoms with Crippen LogP contribution in [-0.4, -0.2) is 89.4 Å². The van der Waals surface area contributed by atoms with Crippen molar-refractivity contribution in [2.45, 2.75) is 30.9 Å². The number of piperazine rings is 1. The van der Waals surface area contributed by atoms with Gasteiger partial charge in [-0.15, -0.1) is 0 Å². The van der Waals surface area contributed by atoms with Gasteiger partial charge in [0.1, 0.15) is 18.7 Å². The number of urea groups is 1. The Morgan fingerprint density at radius 1 is 1.03 bits per heavy atom. The summed E-state index contributed by atoms with van der Waals surface area (Å²) in [5.41, 5.74) is -0.789. The SMILES string of the molecule is O=C(CN1C(=O)NC2(CCC2)C1=O)N1CCN(C(=O)C2COc3ccccc3O2)CC1. The highest BCUT2D eigenvalue weighted by molar-refractivity contribution is 6.09. The van der Waals surface area contributed by atoms with E-state index in [1.54, 1.807) is 21.9 Å². The molecule has 0 aromatic heterocycles. The molecule has 0 radical (unpaired) electrons. The van der Waals surface area contributed by atoms with Crippen LogP contribution in [0.4, 0.5) is 4.79 Å². The standard InChI is InChI=1S/C21H24N4O6/c26-17(12-25-19(28)21(6-3-7-21)22-20(25)29)23-8-10-24(11-9-23)18(27)16-13-30-14-4-1-2-5-15(14)31-16/h1-2,4-5,16H,3,6-13H2,(H,22,29). The van der Waals surface area contributed by atoms with Crippen LogP contribution in [0.15, 0.2) is 24.3 Å². The first-order valence-corrected chi connectivity index (χ1v) is 10.6. The van der Waals surface area contributed by atoms with Crippen molar-refractivity contribution in [2.24, 2.45) is 0 Å². The lowest BCUT2D eigenvalue weighted by atomic mass is 9.77. The van der Waals surface area contributed by atoms with Crippen LogP contribution < -0.4 is 14.8 Å². The molecule has 1 aromatic carbocycles. The fraction of sp³-hybridized carbons (Fsp3) is 0.524. The third-order valence-corrected chi connectivity index (χ3v) is 6.47. The van der Waals surface area contributed by atoms with E-state index in [0.717, 1.165) is 11.3 Å². The highest BCUT2D eigenvalue weighted by atomic mass is 16.6. The first kappa shape index (κ1) is 19.7. The van der Waals surface area contributed by atoms with Gasteiger partial charge in [-0.2, -0.15) is 0 Å². The van der Waals surface area contributed by atoms with Gasteiger partial charge in [0, 0.05) is 26.2 Å². The van der Waals surface area contributed by atoms with Gasteiger partial charge in [-0.1, -0.05) is 12.1 Å². The molecular formula is C21H24N4O6. The van der Waals surface area contributed by atoms with Crippen molar-refractivity contribution in [2.75, 3.05) is 39.3 Å². The van der Waals surface area contributed by atoms with Crippen LogP contribution in [0.2, 0.25) is 0 Å². The van der Waals surface area contributed by atoms with E-state index < -0.39 is 17.7 Å². The molecular weight excluding hydrogens is 404 g/mol. The molecule has 1 atom stereocenters. The summed E-state index contributed by atoms with van der Waals surface area (Å²) in [6, 6.07) is 6.71. The minimum absolute atomic E-state index is 0.142. The fourth-order valence-corrected chi connectivity index (χ4v) is 4.45. The summed E-state index contributed by atoms with van der Waals surface area (Å²) in [6.07, 6.45) is 1.42. The second-order valence-corrected chi connectivity index (χ2v) is 8.33. The second-order valence-electron chi connectivity index (χ2n) is 8.33. The number of imide groups is 1. The minimum Gasteiger partial charge on any atom is -0.485 e.